The van der Waals surface area contributed by atoms with Crippen LogP contribution in [-0.2, 0) is 7.05 Å². The molecule has 1 aromatic heterocycles. The highest BCUT2D eigenvalue weighted by atomic mass is 16.4. The summed E-state index contributed by atoms with van der Waals surface area (Å²) in [4.78, 5) is 12.8. The number of hydrogen-bond donors (Lipinski definition) is 1. The lowest BCUT2D eigenvalue weighted by Crippen LogP contribution is -2.02. The molecule has 2 aromatic rings. The minimum Gasteiger partial charge on any atom is -0.478 e. The van der Waals surface area contributed by atoms with Gasteiger partial charge in [0.15, 0.2) is 0 Å². The minimum absolute atomic E-state index is 0.389. The third kappa shape index (κ3) is 1.88. The number of hydrogen-bond acceptors (Lipinski definition) is 3. The fourth-order valence-electron chi connectivity index (χ4n) is 2.13. The smallest absolute Gasteiger partial charge is 0.335 e. The first-order valence-electron chi connectivity index (χ1n) is 5.89. The van der Waals surface area contributed by atoms with Crippen molar-refractivity contribution in [3.8, 4) is 11.3 Å². The van der Waals surface area contributed by atoms with Crippen LogP contribution in [0.1, 0.15) is 34.7 Å². The molecule has 3 rings (SSSR count). The first-order valence-corrected chi connectivity index (χ1v) is 5.89. The summed E-state index contributed by atoms with van der Waals surface area (Å²) in [5, 5.41) is 17.5. The molecule has 0 amide bonds. The summed E-state index contributed by atoms with van der Waals surface area (Å²) in [6, 6.07) is 5.52. The zero-order valence-corrected chi connectivity index (χ0v) is 10.00. The van der Waals surface area contributed by atoms with Crippen molar-refractivity contribution < 1.29 is 9.90 Å². The largest absolute Gasteiger partial charge is 0.478 e. The quantitative estimate of drug-likeness (QED) is 0.895. The topological polar surface area (TPSA) is 68.0 Å². The maximum absolute atomic E-state index is 11.3. The van der Waals surface area contributed by atoms with E-state index in [9.17, 15) is 9.90 Å². The van der Waals surface area contributed by atoms with Crippen molar-refractivity contribution in [1.29, 1.82) is 0 Å². The summed E-state index contributed by atoms with van der Waals surface area (Å²) < 4.78 is 0. The number of aromatic carboxylic acids is 1. The molecule has 1 saturated carbocycles. The molecule has 1 aromatic carbocycles. The van der Waals surface area contributed by atoms with E-state index in [1.165, 1.54) is 4.80 Å². The Balaban J connectivity index is 2.07. The van der Waals surface area contributed by atoms with Crippen LogP contribution in [0.5, 0.6) is 0 Å². The lowest BCUT2D eigenvalue weighted by atomic mass is 9.99. The molecule has 1 N–H and O–H groups in total. The van der Waals surface area contributed by atoms with Crippen molar-refractivity contribution in [3.05, 3.63) is 35.5 Å². The number of rotatable bonds is 3. The molecule has 0 atom stereocenters. The number of carbonyl (C=O) groups is 1. The number of nitrogens with zero attached hydrogens (tertiary/aromatic N) is 3. The Kier molecular flexibility index (Phi) is 2.40. The molecular formula is C13H13N3O2. The van der Waals surface area contributed by atoms with Gasteiger partial charge in [-0.05, 0) is 30.4 Å². The summed E-state index contributed by atoms with van der Waals surface area (Å²) in [7, 11) is 1.74. The number of carboxylic acids is 1. The van der Waals surface area contributed by atoms with Crippen molar-refractivity contribution in [2.24, 2.45) is 7.05 Å². The van der Waals surface area contributed by atoms with Crippen molar-refractivity contribution in [2.75, 3.05) is 0 Å². The van der Waals surface area contributed by atoms with Gasteiger partial charge in [-0.2, -0.15) is 15.0 Å². The number of aromatic nitrogens is 3. The van der Waals surface area contributed by atoms with Gasteiger partial charge < -0.3 is 5.11 Å². The molecule has 5 heteroatoms. The van der Waals surface area contributed by atoms with Gasteiger partial charge in [-0.25, -0.2) is 4.79 Å². The molecule has 5 nitrogen and oxygen atoms in total. The first kappa shape index (κ1) is 11.0. The molecule has 1 aliphatic rings. The summed E-state index contributed by atoms with van der Waals surface area (Å²) in [5.74, 6) is -0.449. The lowest BCUT2D eigenvalue weighted by Gasteiger charge is -2.06. The zero-order valence-electron chi connectivity index (χ0n) is 10.00. The fraction of sp³-hybridized carbons (Fsp3) is 0.308. The predicted molar refractivity (Wildman–Crippen MR) is 65.4 cm³/mol. The van der Waals surface area contributed by atoms with Crippen LogP contribution in [-0.4, -0.2) is 26.1 Å². The maximum Gasteiger partial charge on any atom is 0.335 e. The van der Waals surface area contributed by atoms with E-state index in [2.05, 4.69) is 10.2 Å². The van der Waals surface area contributed by atoms with E-state index in [1.807, 2.05) is 12.1 Å². The Morgan fingerprint density at radius 1 is 1.44 bits per heavy atom. The summed E-state index contributed by atoms with van der Waals surface area (Å²) in [5.41, 5.74) is 2.82. The molecular weight excluding hydrogens is 230 g/mol. The van der Waals surface area contributed by atoms with E-state index in [0.717, 1.165) is 24.0 Å². The van der Waals surface area contributed by atoms with Gasteiger partial charge in [-0.15, -0.1) is 0 Å². The molecule has 1 fully saturated rings. The molecule has 1 aliphatic carbocycles. The van der Waals surface area contributed by atoms with Gasteiger partial charge in [0.05, 0.1) is 11.8 Å². The van der Waals surface area contributed by atoms with E-state index in [1.54, 1.807) is 19.3 Å². The minimum atomic E-state index is -0.873. The van der Waals surface area contributed by atoms with Crippen molar-refractivity contribution >= 4 is 5.97 Å². The van der Waals surface area contributed by atoms with Gasteiger partial charge in [0, 0.05) is 12.6 Å². The molecule has 0 unspecified atom stereocenters. The van der Waals surface area contributed by atoms with Crippen LogP contribution < -0.4 is 0 Å². The molecule has 0 aliphatic heterocycles. The third-order valence-corrected chi connectivity index (χ3v) is 3.20. The Morgan fingerprint density at radius 3 is 2.78 bits per heavy atom. The second-order valence-corrected chi connectivity index (χ2v) is 4.60. The second kappa shape index (κ2) is 3.94. The van der Waals surface area contributed by atoms with Gasteiger partial charge >= 0.3 is 5.97 Å². The maximum atomic E-state index is 11.3. The van der Waals surface area contributed by atoms with E-state index >= 15 is 0 Å². The van der Waals surface area contributed by atoms with Gasteiger partial charge in [0.1, 0.15) is 5.69 Å². The highest BCUT2D eigenvalue weighted by molar-refractivity contribution is 5.91. The monoisotopic (exact) mass is 243 g/mol. The van der Waals surface area contributed by atoms with Gasteiger partial charge in [0.2, 0.25) is 0 Å². The van der Waals surface area contributed by atoms with E-state index < -0.39 is 5.97 Å². The lowest BCUT2D eigenvalue weighted by molar-refractivity contribution is 0.0695. The van der Waals surface area contributed by atoms with Crippen molar-refractivity contribution in [1.82, 2.24) is 15.0 Å². The highest BCUT2D eigenvalue weighted by Gasteiger charge is 2.28. The second-order valence-electron chi connectivity index (χ2n) is 4.60. The summed E-state index contributed by atoms with van der Waals surface area (Å²) in [6.45, 7) is 0. The SMILES string of the molecule is Cn1ncc(-c2ccc(C3CC3)c(C(=O)O)c2)n1. The molecule has 1 heterocycles. The number of benzene rings is 1. The fourth-order valence-corrected chi connectivity index (χ4v) is 2.13. The molecule has 0 spiro atoms. The molecule has 0 saturated heterocycles. The summed E-state index contributed by atoms with van der Waals surface area (Å²) in [6.07, 6.45) is 3.81. The van der Waals surface area contributed by atoms with Crippen LogP contribution in [0.4, 0.5) is 0 Å². The van der Waals surface area contributed by atoms with E-state index in [4.69, 9.17) is 0 Å². The van der Waals surface area contributed by atoms with E-state index in [0.29, 0.717) is 17.2 Å². The first-order chi connectivity index (χ1) is 8.65. The standard InChI is InChI=1S/C13H13N3O2/c1-16-14-7-12(15-16)9-4-5-10(8-2-3-8)11(6-9)13(17)18/h4-8H,2-3H2,1H3,(H,17,18). The molecule has 92 valence electrons. The third-order valence-electron chi connectivity index (χ3n) is 3.20. The zero-order chi connectivity index (χ0) is 12.7. The molecule has 18 heavy (non-hydrogen) atoms. The van der Waals surface area contributed by atoms with E-state index in [-0.39, 0.29) is 0 Å². The van der Waals surface area contributed by atoms with Gasteiger partial charge in [-0.3, -0.25) is 0 Å². The van der Waals surface area contributed by atoms with Crippen LogP contribution >= 0.6 is 0 Å². The van der Waals surface area contributed by atoms with Crippen LogP contribution in [0, 0.1) is 0 Å². The predicted octanol–water partition coefficient (Wildman–Crippen LogP) is 2.06. The molecule has 0 radical (unpaired) electrons. The number of carboxylic acid groups (broad SMARTS) is 1. The van der Waals surface area contributed by atoms with Crippen molar-refractivity contribution in [3.63, 3.8) is 0 Å². The van der Waals surface area contributed by atoms with Crippen LogP contribution in [0.15, 0.2) is 24.4 Å². The Hall–Kier alpha value is -2.17. The normalized spacial score (nSPS) is 14.7. The van der Waals surface area contributed by atoms with Crippen molar-refractivity contribution in [2.45, 2.75) is 18.8 Å². The highest BCUT2D eigenvalue weighted by Crippen LogP contribution is 2.42. The average molecular weight is 243 g/mol. The Morgan fingerprint density at radius 2 is 2.22 bits per heavy atom. The van der Waals surface area contributed by atoms with Crippen LogP contribution in [0.3, 0.4) is 0 Å². The van der Waals surface area contributed by atoms with Crippen LogP contribution in [0.25, 0.3) is 11.3 Å². The van der Waals surface area contributed by atoms with Gasteiger partial charge in [-0.1, -0.05) is 12.1 Å². The molecule has 0 bridgehead atoms. The Labute approximate surface area is 104 Å². The summed E-state index contributed by atoms with van der Waals surface area (Å²) >= 11 is 0. The van der Waals surface area contributed by atoms with Crippen LogP contribution in [0.2, 0.25) is 0 Å². The number of aryl methyl sites for hydroxylation is 1. The average Bonchev–Trinajstić information content (AvgIpc) is 3.11. The van der Waals surface area contributed by atoms with Gasteiger partial charge in [0.25, 0.3) is 0 Å². The Bertz CT molecular complexity index is 614.